The van der Waals surface area contributed by atoms with E-state index >= 15 is 0 Å². The average Bonchev–Trinajstić information content (AvgIpc) is 2.90. The van der Waals surface area contributed by atoms with E-state index in [1.165, 1.54) is 16.8 Å². The number of likely N-dealkylation sites (N-methyl/N-ethyl adjacent to an activating group) is 1. The van der Waals surface area contributed by atoms with Gasteiger partial charge in [0.1, 0.15) is 0 Å². The second-order valence-electron chi connectivity index (χ2n) is 6.11. The van der Waals surface area contributed by atoms with Crippen molar-refractivity contribution in [3.63, 3.8) is 0 Å². The number of aromatic nitrogens is 3. The number of hydrogen-bond donors (Lipinski definition) is 0. The van der Waals surface area contributed by atoms with Crippen molar-refractivity contribution in [2.45, 2.75) is 6.92 Å². The number of aryl methyl sites for hydroxylation is 1. The van der Waals surface area contributed by atoms with Crippen LogP contribution >= 0.6 is 0 Å². The van der Waals surface area contributed by atoms with Crippen LogP contribution in [0.3, 0.4) is 0 Å². The molecule has 0 atom stereocenters. The summed E-state index contributed by atoms with van der Waals surface area (Å²) in [7, 11) is 4.19. The highest BCUT2D eigenvalue weighted by Crippen LogP contribution is 2.35. The van der Waals surface area contributed by atoms with Crippen molar-refractivity contribution in [1.29, 1.82) is 0 Å². The fraction of sp³-hybridized carbons (Fsp3) is 0.211. The molecule has 24 heavy (non-hydrogen) atoms. The van der Waals surface area contributed by atoms with E-state index < -0.39 is 0 Å². The van der Waals surface area contributed by atoms with E-state index in [1.54, 1.807) is 12.4 Å². The summed E-state index contributed by atoms with van der Waals surface area (Å²) < 4.78 is 0. The smallest absolute Gasteiger partial charge is 0.0893 e. The van der Waals surface area contributed by atoms with Crippen LogP contribution in [0.4, 0.5) is 0 Å². The molecule has 1 aliphatic heterocycles. The molecule has 5 nitrogen and oxygen atoms in total. The number of hydrazine groups is 1. The maximum atomic E-state index is 4.44. The molecule has 0 aliphatic carbocycles. The normalized spacial score (nSPS) is 15.5. The summed E-state index contributed by atoms with van der Waals surface area (Å²) in [6.07, 6.45) is 5.33. The Bertz CT molecular complexity index is 947. The minimum absolute atomic E-state index is 0.869. The number of hydrogen-bond acceptors (Lipinski definition) is 5. The number of pyridine rings is 1. The molecule has 0 bridgehead atoms. The van der Waals surface area contributed by atoms with Crippen LogP contribution in [0.5, 0.6) is 0 Å². The summed E-state index contributed by atoms with van der Waals surface area (Å²) >= 11 is 0. The van der Waals surface area contributed by atoms with E-state index in [-0.39, 0.29) is 0 Å². The Labute approximate surface area is 141 Å². The molecule has 1 aliphatic rings. The molecular formula is C19H19N5. The number of benzene rings is 1. The first-order valence-electron chi connectivity index (χ1n) is 7.95. The van der Waals surface area contributed by atoms with Crippen LogP contribution in [0.2, 0.25) is 0 Å². The molecule has 0 saturated carbocycles. The van der Waals surface area contributed by atoms with Gasteiger partial charge in [0, 0.05) is 56.1 Å². The first-order valence-corrected chi connectivity index (χ1v) is 7.95. The lowest BCUT2D eigenvalue weighted by atomic mass is 10.00. The SMILES string of the molecule is Cc1cc(C2=C(c3ccc4nccnc4c3)N(C)N(C)C2)ccn1. The second-order valence-corrected chi connectivity index (χ2v) is 6.11. The minimum atomic E-state index is 0.869. The average molecular weight is 317 g/mol. The molecule has 4 rings (SSSR count). The molecule has 0 amide bonds. The van der Waals surface area contributed by atoms with Gasteiger partial charge in [0.15, 0.2) is 0 Å². The fourth-order valence-corrected chi connectivity index (χ4v) is 3.21. The summed E-state index contributed by atoms with van der Waals surface area (Å²) in [6, 6.07) is 10.5. The maximum Gasteiger partial charge on any atom is 0.0893 e. The van der Waals surface area contributed by atoms with Crippen LogP contribution in [0.15, 0.2) is 48.9 Å². The van der Waals surface area contributed by atoms with Gasteiger partial charge in [-0.3, -0.25) is 15.0 Å². The van der Waals surface area contributed by atoms with Gasteiger partial charge in [-0.2, -0.15) is 0 Å². The Kier molecular flexibility index (Phi) is 3.50. The third-order valence-corrected chi connectivity index (χ3v) is 4.50. The van der Waals surface area contributed by atoms with Gasteiger partial charge in [-0.1, -0.05) is 6.07 Å². The Morgan fingerprint density at radius 2 is 1.62 bits per heavy atom. The Hall–Kier alpha value is -2.79. The summed E-state index contributed by atoms with van der Waals surface area (Å²) in [5.41, 5.74) is 7.73. The van der Waals surface area contributed by atoms with Crippen molar-refractivity contribution in [2.24, 2.45) is 0 Å². The Balaban J connectivity index is 1.91. The fourth-order valence-electron chi connectivity index (χ4n) is 3.21. The maximum absolute atomic E-state index is 4.44. The van der Waals surface area contributed by atoms with Gasteiger partial charge in [-0.25, -0.2) is 5.01 Å². The van der Waals surface area contributed by atoms with Crippen LogP contribution in [0.1, 0.15) is 16.8 Å². The van der Waals surface area contributed by atoms with Crippen molar-refractivity contribution < 1.29 is 0 Å². The van der Waals surface area contributed by atoms with E-state index in [4.69, 9.17) is 0 Å². The number of nitrogens with zero attached hydrogens (tertiary/aromatic N) is 5. The highest BCUT2D eigenvalue weighted by Gasteiger charge is 2.26. The van der Waals surface area contributed by atoms with E-state index in [0.717, 1.165) is 28.8 Å². The largest absolute Gasteiger partial charge is 0.308 e. The van der Waals surface area contributed by atoms with Crippen molar-refractivity contribution in [1.82, 2.24) is 25.0 Å². The topological polar surface area (TPSA) is 45.2 Å². The zero-order chi connectivity index (χ0) is 16.7. The van der Waals surface area contributed by atoms with Crippen molar-refractivity contribution >= 4 is 22.3 Å². The molecule has 1 aromatic carbocycles. The molecule has 0 N–H and O–H groups in total. The molecule has 5 heteroatoms. The molecule has 0 unspecified atom stereocenters. The van der Waals surface area contributed by atoms with E-state index in [0.29, 0.717) is 0 Å². The van der Waals surface area contributed by atoms with E-state index in [2.05, 4.69) is 63.3 Å². The lowest BCUT2D eigenvalue weighted by Crippen LogP contribution is -2.29. The molecule has 0 radical (unpaired) electrons. The van der Waals surface area contributed by atoms with Gasteiger partial charge >= 0.3 is 0 Å². The standard InChI is InChI=1S/C19H19N5/c1-13-10-14(6-7-20-13)16-12-23(2)24(3)19(16)15-4-5-17-18(11-15)22-9-8-21-17/h4-11H,12H2,1-3H3. The molecule has 3 aromatic rings. The van der Waals surface area contributed by atoms with Gasteiger partial charge in [0.05, 0.1) is 16.7 Å². The highest BCUT2D eigenvalue weighted by atomic mass is 15.6. The first-order chi connectivity index (χ1) is 11.6. The number of rotatable bonds is 2. The molecule has 0 fully saturated rings. The Morgan fingerprint density at radius 1 is 0.833 bits per heavy atom. The molecular weight excluding hydrogens is 298 g/mol. The quantitative estimate of drug-likeness (QED) is 0.727. The summed E-state index contributed by atoms with van der Waals surface area (Å²) in [5, 5.41) is 4.41. The summed E-state index contributed by atoms with van der Waals surface area (Å²) in [6.45, 7) is 2.89. The monoisotopic (exact) mass is 317 g/mol. The predicted molar refractivity (Wildman–Crippen MR) is 95.7 cm³/mol. The van der Waals surface area contributed by atoms with Crippen LogP contribution < -0.4 is 0 Å². The number of fused-ring (bicyclic) bond motifs is 1. The van der Waals surface area contributed by atoms with Crippen molar-refractivity contribution in [2.75, 3.05) is 20.6 Å². The van der Waals surface area contributed by atoms with Crippen LogP contribution in [-0.2, 0) is 0 Å². The van der Waals surface area contributed by atoms with Crippen LogP contribution in [-0.4, -0.2) is 45.6 Å². The van der Waals surface area contributed by atoms with Crippen LogP contribution in [0, 0.1) is 6.92 Å². The first kappa shape index (κ1) is 14.8. The third kappa shape index (κ3) is 2.43. The van der Waals surface area contributed by atoms with Gasteiger partial charge in [0.25, 0.3) is 0 Å². The van der Waals surface area contributed by atoms with Crippen LogP contribution in [0.25, 0.3) is 22.3 Å². The molecule has 120 valence electrons. The van der Waals surface area contributed by atoms with Crippen molar-refractivity contribution in [3.8, 4) is 0 Å². The van der Waals surface area contributed by atoms with Gasteiger partial charge in [-0.15, -0.1) is 0 Å². The lowest BCUT2D eigenvalue weighted by molar-refractivity contribution is 0.129. The van der Waals surface area contributed by atoms with Crippen molar-refractivity contribution in [3.05, 3.63) is 65.7 Å². The van der Waals surface area contributed by atoms with Gasteiger partial charge < -0.3 is 5.01 Å². The zero-order valence-electron chi connectivity index (χ0n) is 14.1. The highest BCUT2D eigenvalue weighted by molar-refractivity contribution is 5.94. The second kappa shape index (κ2) is 5.69. The summed E-state index contributed by atoms with van der Waals surface area (Å²) in [4.78, 5) is 13.1. The predicted octanol–water partition coefficient (Wildman–Crippen LogP) is 2.99. The Morgan fingerprint density at radius 3 is 2.42 bits per heavy atom. The molecule has 2 aromatic heterocycles. The van der Waals surface area contributed by atoms with Gasteiger partial charge in [0.2, 0.25) is 0 Å². The molecule has 3 heterocycles. The molecule has 0 saturated heterocycles. The van der Waals surface area contributed by atoms with E-state index in [9.17, 15) is 0 Å². The lowest BCUT2D eigenvalue weighted by Gasteiger charge is -2.24. The zero-order valence-corrected chi connectivity index (χ0v) is 14.1. The summed E-state index contributed by atoms with van der Waals surface area (Å²) in [5.74, 6) is 0. The van der Waals surface area contributed by atoms with Gasteiger partial charge in [-0.05, 0) is 36.8 Å². The molecule has 0 spiro atoms. The minimum Gasteiger partial charge on any atom is -0.308 e. The van der Waals surface area contributed by atoms with E-state index in [1.807, 2.05) is 19.2 Å². The third-order valence-electron chi connectivity index (χ3n) is 4.50.